The van der Waals surface area contributed by atoms with Gasteiger partial charge in [0.25, 0.3) is 0 Å². The number of hydrogen-bond donors (Lipinski definition) is 2. The molecule has 0 unspecified atom stereocenters. The van der Waals surface area contributed by atoms with E-state index in [2.05, 4.69) is 0 Å². The number of ether oxygens (including phenoxy) is 1. The molecule has 0 saturated carbocycles. The van der Waals surface area contributed by atoms with Crippen molar-refractivity contribution >= 4 is 5.97 Å². The van der Waals surface area contributed by atoms with Crippen LogP contribution in [-0.2, 0) is 17.8 Å². The van der Waals surface area contributed by atoms with Crippen LogP contribution in [0.15, 0.2) is 18.2 Å². The lowest BCUT2D eigenvalue weighted by Gasteiger charge is -2.11. The van der Waals surface area contributed by atoms with Crippen molar-refractivity contribution in [1.29, 1.82) is 0 Å². The molecular formula is C11H14O4. The molecule has 82 valence electrons. The van der Waals surface area contributed by atoms with Gasteiger partial charge in [-0.05, 0) is 12.0 Å². The lowest BCUT2D eigenvalue weighted by atomic mass is 10.0. The molecule has 0 bridgehead atoms. The van der Waals surface area contributed by atoms with E-state index in [0.29, 0.717) is 17.7 Å². The molecule has 15 heavy (non-hydrogen) atoms. The van der Waals surface area contributed by atoms with Crippen molar-refractivity contribution in [3.63, 3.8) is 0 Å². The molecule has 0 spiro atoms. The van der Waals surface area contributed by atoms with Crippen LogP contribution in [0.25, 0.3) is 0 Å². The summed E-state index contributed by atoms with van der Waals surface area (Å²) in [6, 6.07) is 5.34. The van der Waals surface area contributed by atoms with Crippen LogP contribution in [0.3, 0.4) is 0 Å². The number of benzene rings is 1. The fourth-order valence-electron chi connectivity index (χ4n) is 1.46. The zero-order valence-electron chi connectivity index (χ0n) is 8.56. The Balaban J connectivity index is 2.90. The fraction of sp³-hybridized carbons (Fsp3) is 0.364. The number of aliphatic carboxylic acids is 1. The molecule has 0 saturated heterocycles. The summed E-state index contributed by atoms with van der Waals surface area (Å²) in [5.41, 5.74) is 1.49. The lowest BCUT2D eigenvalue weighted by molar-refractivity contribution is -0.136. The SMILES string of the molecule is COc1c(CO)cccc1CCC(=O)O. The number of hydrogen-bond acceptors (Lipinski definition) is 3. The Kier molecular flexibility index (Phi) is 4.12. The number of aliphatic hydroxyl groups is 1. The molecule has 4 heteroatoms. The van der Waals surface area contributed by atoms with Gasteiger partial charge in [0, 0.05) is 12.0 Å². The molecule has 0 radical (unpaired) electrons. The van der Waals surface area contributed by atoms with E-state index >= 15 is 0 Å². The average molecular weight is 210 g/mol. The van der Waals surface area contributed by atoms with Crippen molar-refractivity contribution in [2.24, 2.45) is 0 Å². The van der Waals surface area contributed by atoms with Crippen LogP contribution in [-0.4, -0.2) is 23.3 Å². The van der Waals surface area contributed by atoms with E-state index in [1.807, 2.05) is 0 Å². The Hall–Kier alpha value is -1.55. The Morgan fingerprint density at radius 2 is 2.07 bits per heavy atom. The molecule has 0 heterocycles. The van der Waals surface area contributed by atoms with Gasteiger partial charge in [-0.25, -0.2) is 0 Å². The Morgan fingerprint density at radius 1 is 1.40 bits per heavy atom. The molecule has 2 N–H and O–H groups in total. The first-order valence-corrected chi connectivity index (χ1v) is 4.66. The van der Waals surface area contributed by atoms with Gasteiger partial charge in [-0.1, -0.05) is 18.2 Å². The number of aliphatic hydroxyl groups excluding tert-OH is 1. The highest BCUT2D eigenvalue weighted by atomic mass is 16.5. The van der Waals surface area contributed by atoms with Crippen LogP contribution in [0, 0.1) is 0 Å². The lowest BCUT2D eigenvalue weighted by Crippen LogP contribution is -2.01. The maximum atomic E-state index is 10.4. The minimum Gasteiger partial charge on any atom is -0.496 e. The van der Waals surface area contributed by atoms with Gasteiger partial charge >= 0.3 is 5.97 Å². The smallest absolute Gasteiger partial charge is 0.303 e. The zero-order chi connectivity index (χ0) is 11.3. The molecule has 1 aromatic carbocycles. The summed E-state index contributed by atoms with van der Waals surface area (Å²) in [7, 11) is 1.51. The Morgan fingerprint density at radius 3 is 2.60 bits per heavy atom. The summed E-state index contributed by atoms with van der Waals surface area (Å²) in [6.07, 6.45) is 0.470. The second kappa shape index (κ2) is 5.36. The van der Waals surface area contributed by atoms with E-state index in [1.165, 1.54) is 7.11 Å². The predicted octanol–water partition coefficient (Wildman–Crippen LogP) is 1.20. The van der Waals surface area contributed by atoms with Gasteiger partial charge in [-0.2, -0.15) is 0 Å². The normalized spacial score (nSPS) is 10.0. The number of methoxy groups -OCH3 is 1. The van der Waals surface area contributed by atoms with Gasteiger partial charge in [0.1, 0.15) is 5.75 Å². The van der Waals surface area contributed by atoms with Crippen LogP contribution in [0.5, 0.6) is 5.75 Å². The quantitative estimate of drug-likeness (QED) is 0.766. The highest BCUT2D eigenvalue weighted by molar-refractivity contribution is 5.67. The van der Waals surface area contributed by atoms with Crippen molar-refractivity contribution in [3.8, 4) is 5.75 Å². The van der Waals surface area contributed by atoms with Crippen LogP contribution in [0.2, 0.25) is 0 Å². The first-order chi connectivity index (χ1) is 7.19. The molecule has 1 rings (SSSR count). The maximum absolute atomic E-state index is 10.4. The standard InChI is InChI=1S/C11H14O4/c1-15-11-8(5-6-10(13)14)3-2-4-9(11)7-12/h2-4,12H,5-7H2,1H3,(H,13,14). The fourth-order valence-corrected chi connectivity index (χ4v) is 1.46. The highest BCUT2D eigenvalue weighted by Crippen LogP contribution is 2.24. The topological polar surface area (TPSA) is 66.8 Å². The monoisotopic (exact) mass is 210 g/mol. The summed E-state index contributed by atoms with van der Waals surface area (Å²) >= 11 is 0. The molecule has 0 aliphatic carbocycles. The number of para-hydroxylation sites is 1. The molecule has 1 aromatic rings. The van der Waals surface area contributed by atoms with E-state index in [9.17, 15) is 4.79 Å². The third kappa shape index (κ3) is 2.95. The molecule has 0 atom stereocenters. The molecule has 0 fully saturated rings. The van der Waals surface area contributed by atoms with Gasteiger partial charge < -0.3 is 14.9 Å². The van der Waals surface area contributed by atoms with Crippen molar-refractivity contribution in [3.05, 3.63) is 29.3 Å². The second-order valence-corrected chi connectivity index (χ2v) is 3.16. The molecule has 0 aliphatic heterocycles. The van der Waals surface area contributed by atoms with Gasteiger partial charge in [-0.15, -0.1) is 0 Å². The first-order valence-electron chi connectivity index (χ1n) is 4.66. The highest BCUT2D eigenvalue weighted by Gasteiger charge is 2.09. The molecule has 0 aromatic heterocycles. The first kappa shape index (κ1) is 11.5. The predicted molar refractivity (Wildman–Crippen MR) is 54.9 cm³/mol. The third-order valence-corrected chi connectivity index (χ3v) is 2.16. The number of rotatable bonds is 5. The third-order valence-electron chi connectivity index (χ3n) is 2.16. The van der Waals surface area contributed by atoms with E-state index in [0.717, 1.165) is 5.56 Å². The van der Waals surface area contributed by atoms with Crippen LogP contribution in [0.1, 0.15) is 17.5 Å². The van der Waals surface area contributed by atoms with E-state index in [1.54, 1.807) is 18.2 Å². The van der Waals surface area contributed by atoms with Crippen molar-refractivity contribution < 1.29 is 19.7 Å². The van der Waals surface area contributed by atoms with Crippen LogP contribution >= 0.6 is 0 Å². The summed E-state index contributed by atoms with van der Waals surface area (Å²) in [5.74, 6) is -0.257. The molecule has 4 nitrogen and oxygen atoms in total. The number of carboxylic acid groups (broad SMARTS) is 1. The van der Waals surface area contributed by atoms with Gasteiger partial charge in [-0.3, -0.25) is 4.79 Å². The van der Waals surface area contributed by atoms with E-state index in [4.69, 9.17) is 14.9 Å². The average Bonchev–Trinajstić information content (AvgIpc) is 2.25. The van der Waals surface area contributed by atoms with Crippen LogP contribution in [0.4, 0.5) is 0 Å². The molecule has 0 amide bonds. The summed E-state index contributed by atoms with van der Waals surface area (Å²) in [5, 5.41) is 17.6. The minimum absolute atomic E-state index is 0.0608. The van der Waals surface area contributed by atoms with Gasteiger partial charge in [0.15, 0.2) is 0 Å². The van der Waals surface area contributed by atoms with Crippen molar-refractivity contribution in [1.82, 2.24) is 0 Å². The second-order valence-electron chi connectivity index (χ2n) is 3.16. The van der Waals surface area contributed by atoms with Crippen molar-refractivity contribution in [2.45, 2.75) is 19.4 Å². The largest absolute Gasteiger partial charge is 0.496 e. The van der Waals surface area contributed by atoms with E-state index < -0.39 is 5.97 Å². The van der Waals surface area contributed by atoms with E-state index in [-0.39, 0.29) is 13.0 Å². The minimum atomic E-state index is -0.841. The maximum Gasteiger partial charge on any atom is 0.303 e. The number of aryl methyl sites for hydroxylation is 1. The van der Waals surface area contributed by atoms with Gasteiger partial charge in [0.2, 0.25) is 0 Å². The summed E-state index contributed by atoms with van der Waals surface area (Å²) < 4.78 is 5.15. The van der Waals surface area contributed by atoms with Crippen molar-refractivity contribution in [2.75, 3.05) is 7.11 Å². The van der Waals surface area contributed by atoms with Gasteiger partial charge in [0.05, 0.1) is 13.7 Å². The Labute approximate surface area is 88.1 Å². The zero-order valence-corrected chi connectivity index (χ0v) is 8.56. The number of carboxylic acids is 1. The number of carbonyl (C=O) groups is 1. The molecular weight excluding hydrogens is 196 g/mol. The Bertz CT molecular complexity index is 346. The summed E-state index contributed by atoms with van der Waals surface area (Å²) in [4.78, 5) is 10.4. The molecule has 0 aliphatic rings. The summed E-state index contributed by atoms with van der Waals surface area (Å²) in [6.45, 7) is -0.107. The van der Waals surface area contributed by atoms with Crippen LogP contribution < -0.4 is 4.74 Å².